The number of hydrogen-bond donors (Lipinski definition) is 4. The molecule has 5 N–H and O–H groups in total. The number of aromatic amines is 1. The van der Waals surface area contributed by atoms with Crippen LogP contribution in [-0.2, 0) is 6.42 Å². The summed E-state index contributed by atoms with van der Waals surface area (Å²) in [6.45, 7) is 4.32. The molecular formula is C15H18FN5. The van der Waals surface area contributed by atoms with Gasteiger partial charge in [-0.15, -0.1) is 0 Å². The third-order valence-electron chi connectivity index (χ3n) is 3.74. The molecule has 0 radical (unpaired) electrons. The molecule has 1 aromatic heterocycles. The van der Waals surface area contributed by atoms with Crippen LogP contribution in [0.4, 0.5) is 4.39 Å². The fraction of sp³-hybridized carbons (Fsp3) is 0.333. The molecule has 0 saturated heterocycles. The average Bonchev–Trinajstić information content (AvgIpc) is 2.71. The lowest BCUT2D eigenvalue weighted by Crippen LogP contribution is -2.31. The van der Waals surface area contributed by atoms with E-state index in [1.54, 1.807) is 6.07 Å². The highest BCUT2D eigenvalue weighted by Gasteiger charge is 2.32. The predicted molar refractivity (Wildman–Crippen MR) is 81.9 cm³/mol. The number of nitrogens with zero attached hydrogens (tertiary/aromatic N) is 1. The van der Waals surface area contributed by atoms with Gasteiger partial charge in [-0.25, -0.2) is 9.82 Å². The Kier molecular flexibility index (Phi) is 2.97. The first kappa shape index (κ1) is 13.6. The Morgan fingerprint density at radius 1 is 1.43 bits per heavy atom. The van der Waals surface area contributed by atoms with Gasteiger partial charge in [0.2, 0.25) is 5.96 Å². The molecule has 0 spiro atoms. The van der Waals surface area contributed by atoms with Crippen molar-refractivity contribution in [2.45, 2.75) is 26.7 Å². The van der Waals surface area contributed by atoms with Gasteiger partial charge in [0.05, 0.1) is 5.71 Å². The molecule has 1 aliphatic carbocycles. The minimum atomic E-state index is -0.270. The molecule has 6 heteroatoms. The zero-order valence-corrected chi connectivity index (χ0v) is 12.0. The monoisotopic (exact) mass is 287 g/mol. The number of benzene rings is 1. The van der Waals surface area contributed by atoms with Gasteiger partial charge in [0.15, 0.2) is 0 Å². The molecule has 0 atom stereocenters. The van der Waals surface area contributed by atoms with Crippen molar-refractivity contribution < 1.29 is 4.39 Å². The predicted octanol–water partition coefficient (Wildman–Crippen LogP) is 2.47. The molecule has 1 heterocycles. The fourth-order valence-electron chi connectivity index (χ4n) is 2.99. The van der Waals surface area contributed by atoms with Gasteiger partial charge in [-0.3, -0.25) is 5.41 Å². The van der Waals surface area contributed by atoms with Crippen LogP contribution < -0.4 is 11.2 Å². The summed E-state index contributed by atoms with van der Waals surface area (Å²) >= 11 is 0. The molecule has 3 rings (SSSR count). The van der Waals surface area contributed by atoms with Gasteiger partial charge in [-0.05, 0) is 36.5 Å². The second-order valence-corrected chi connectivity index (χ2v) is 6.27. The Hall–Kier alpha value is -2.37. The number of hydrogen-bond acceptors (Lipinski definition) is 2. The van der Waals surface area contributed by atoms with Crippen molar-refractivity contribution in [3.05, 3.63) is 35.3 Å². The number of H-pyrrole nitrogens is 1. The molecule has 21 heavy (non-hydrogen) atoms. The summed E-state index contributed by atoms with van der Waals surface area (Å²) in [5.74, 6) is -0.480. The number of guanidine groups is 1. The fourth-order valence-corrected chi connectivity index (χ4v) is 2.99. The van der Waals surface area contributed by atoms with E-state index in [2.05, 4.69) is 29.4 Å². The second kappa shape index (κ2) is 4.58. The molecule has 2 aromatic rings. The quantitative estimate of drug-likeness (QED) is 0.369. The van der Waals surface area contributed by atoms with Gasteiger partial charge in [-0.2, -0.15) is 5.10 Å². The van der Waals surface area contributed by atoms with E-state index in [9.17, 15) is 4.39 Å². The Morgan fingerprint density at radius 3 is 2.90 bits per heavy atom. The van der Waals surface area contributed by atoms with Crippen LogP contribution in [0, 0.1) is 16.6 Å². The normalized spacial score (nSPS) is 18.7. The van der Waals surface area contributed by atoms with Crippen molar-refractivity contribution in [2.24, 2.45) is 16.3 Å². The van der Waals surface area contributed by atoms with Gasteiger partial charge < -0.3 is 10.7 Å². The van der Waals surface area contributed by atoms with Crippen molar-refractivity contribution >= 4 is 22.6 Å². The number of fused-ring (bicyclic) bond motifs is 3. The lowest BCUT2D eigenvalue weighted by molar-refractivity contribution is 0.369. The highest BCUT2D eigenvalue weighted by molar-refractivity contribution is 6.13. The van der Waals surface area contributed by atoms with Crippen molar-refractivity contribution in [2.75, 3.05) is 0 Å². The first-order valence-electron chi connectivity index (χ1n) is 6.83. The van der Waals surface area contributed by atoms with E-state index in [0.29, 0.717) is 0 Å². The number of nitrogens with one attached hydrogen (secondary N) is 3. The molecule has 0 aliphatic heterocycles. The van der Waals surface area contributed by atoms with Crippen molar-refractivity contribution in [3.63, 3.8) is 0 Å². The first-order chi connectivity index (χ1) is 9.85. The zero-order chi connectivity index (χ0) is 15.2. The zero-order valence-electron chi connectivity index (χ0n) is 12.0. The SMILES string of the molecule is CC1(C)CC(=NNC(=N)N)c2c([nH]c3ccc(F)cc23)C1. The molecule has 1 aromatic carbocycles. The molecule has 5 nitrogen and oxygen atoms in total. The molecular weight excluding hydrogens is 269 g/mol. The average molecular weight is 287 g/mol. The first-order valence-corrected chi connectivity index (χ1v) is 6.83. The summed E-state index contributed by atoms with van der Waals surface area (Å²) in [5.41, 5.74) is 11.5. The van der Waals surface area contributed by atoms with Crippen LogP contribution in [0.25, 0.3) is 10.9 Å². The minimum Gasteiger partial charge on any atom is -0.369 e. The number of nitrogens with two attached hydrogens (primary N) is 1. The third-order valence-corrected chi connectivity index (χ3v) is 3.74. The molecule has 0 unspecified atom stereocenters. The highest BCUT2D eigenvalue weighted by Crippen LogP contribution is 2.38. The van der Waals surface area contributed by atoms with E-state index >= 15 is 0 Å². The summed E-state index contributed by atoms with van der Waals surface area (Å²) in [4.78, 5) is 3.36. The number of hydrazone groups is 1. The van der Waals surface area contributed by atoms with Crippen LogP contribution in [0.3, 0.4) is 0 Å². The summed E-state index contributed by atoms with van der Waals surface area (Å²) in [7, 11) is 0. The summed E-state index contributed by atoms with van der Waals surface area (Å²) in [6, 6.07) is 4.71. The third kappa shape index (κ3) is 2.49. The lowest BCUT2D eigenvalue weighted by Gasteiger charge is -2.30. The molecule has 1 aliphatic rings. The smallest absolute Gasteiger partial charge is 0.206 e. The van der Waals surface area contributed by atoms with E-state index in [1.807, 2.05) is 0 Å². The van der Waals surface area contributed by atoms with Gasteiger partial charge in [0.25, 0.3) is 0 Å². The largest absolute Gasteiger partial charge is 0.369 e. The topological polar surface area (TPSA) is 90.1 Å². The summed E-state index contributed by atoms with van der Waals surface area (Å²) in [5, 5.41) is 12.3. The van der Waals surface area contributed by atoms with Gasteiger partial charge in [0.1, 0.15) is 5.82 Å². The van der Waals surface area contributed by atoms with Crippen LogP contribution in [-0.4, -0.2) is 16.7 Å². The maximum absolute atomic E-state index is 13.6. The van der Waals surface area contributed by atoms with E-state index in [0.717, 1.165) is 40.7 Å². The van der Waals surface area contributed by atoms with Gasteiger partial charge in [0, 0.05) is 22.2 Å². The molecule has 0 saturated carbocycles. The van der Waals surface area contributed by atoms with Crippen molar-refractivity contribution in [3.8, 4) is 0 Å². The summed E-state index contributed by atoms with van der Waals surface area (Å²) in [6.07, 6.45) is 1.61. The Bertz CT molecular complexity index is 757. The Morgan fingerprint density at radius 2 is 2.19 bits per heavy atom. The maximum Gasteiger partial charge on any atom is 0.206 e. The number of halogens is 1. The maximum atomic E-state index is 13.6. The van der Waals surface area contributed by atoms with Crippen LogP contribution in [0.15, 0.2) is 23.3 Å². The molecule has 0 bridgehead atoms. The van der Waals surface area contributed by atoms with Crippen molar-refractivity contribution in [1.82, 2.24) is 10.4 Å². The standard InChI is InChI=1S/C15H18FN5/c1-15(2)6-11-13(12(7-15)20-21-14(17)18)9-5-8(16)3-4-10(9)19-11/h3-5,19H,6-7H2,1-2H3,(H4,17,18,21). The summed E-state index contributed by atoms with van der Waals surface area (Å²) < 4.78 is 13.6. The Labute approximate surface area is 121 Å². The number of rotatable bonds is 1. The molecule has 0 amide bonds. The highest BCUT2D eigenvalue weighted by atomic mass is 19.1. The Balaban J connectivity index is 2.20. The van der Waals surface area contributed by atoms with Crippen molar-refractivity contribution in [1.29, 1.82) is 5.41 Å². The minimum absolute atomic E-state index is 0.0454. The van der Waals surface area contributed by atoms with E-state index in [1.165, 1.54) is 12.1 Å². The van der Waals surface area contributed by atoms with Crippen LogP contribution in [0.1, 0.15) is 31.5 Å². The van der Waals surface area contributed by atoms with E-state index in [-0.39, 0.29) is 17.2 Å². The van der Waals surface area contributed by atoms with Crippen LogP contribution in [0.2, 0.25) is 0 Å². The van der Waals surface area contributed by atoms with Crippen LogP contribution in [0.5, 0.6) is 0 Å². The number of aromatic nitrogens is 1. The van der Waals surface area contributed by atoms with Crippen LogP contribution >= 0.6 is 0 Å². The molecule has 110 valence electrons. The van der Waals surface area contributed by atoms with Gasteiger partial charge in [-0.1, -0.05) is 13.8 Å². The van der Waals surface area contributed by atoms with E-state index < -0.39 is 0 Å². The second-order valence-electron chi connectivity index (χ2n) is 6.27. The lowest BCUT2D eigenvalue weighted by atomic mass is 9.75. The van der Waals surface area contributed by atoms with E-state index in [4.69, 9.17) is 11.1 Å². The molecule has 0 fully saturated rings. The van der Waals surface area contributed by atoms with Gasteiger partial charge >= 0.3 is 0 Å².